The summed E-state index contributed by atoms with van der Waals surface area (Å²) in [4.78, 5) is 6.65. The summed E-state index contributed by atoms with van der Waals surface area (Å²) >= 11 is 0. The average Bonchev–Trinajstić information content (AvgIpc) is 3.00. The van der Waals surface area contributed by atoms with Crippen LogP contribution in [0.3, 0.4) is 0 Å². The monoisotopic (exact) mass is 265 g/mol. The third-order valence-corrected chi connectivity index (χ3v) is 3.39. The highest BCUT2D eigenvalue weighted by Gasteiger charge is 2.17. The van der Waals surface area contributed by atoms with E-state index in [2.05, 4.69) is 25.4 Å². The minimum absolute atomic E-state index is 0.274. The van der Waals surface area contributed by atoms with Gasteiger partial charge in [0.25, 0.3) is 0 Å². The predicted molar refractivity (Wildman–Crippen MR) is 70.3 cm³/mol. The highest BCUT2D eigenvalue weighted by atomic mass is 16.5. The molecule has 7 nitrogen and oxygen atoms in total. The number of morpholine rings is 1. The van der Waals surface area contributed by atoms with Gasteiger partial charge in [0.05, 0.1) is 25.5 Å². The third-order valence-electron chi connectivity index (χ3n) is 3.39. The first kappa shape index (κ1) is 12.6. The first-order valence-electron chi connectivity index (χ1n) is 6.80. The van der Waals surface area contributed by atoms with Crippen molar-refractivity contribution in [2.24, 2.45) is 0 Å². The van der Waals surface area contributed by atoms with Crippen molar-refractivity contribution in [2.45, 2.75) is 18.9 Å². The molecule has 1 aromatic heterocycles. The summed E-state index contributed by atoms with van der Waals surface area (Å²) in [5.41, 5.74) is 0. The third kappa shape index (κ3) is 3.30. The summed E-state index contributed by atoms with van der Waals surface area (Å²) in [6, 6.07) is 0. The summed E-state index contributed by atoms with van der Waals surface area (Å²) < 4.78 is 10.9. The van der Waals surface area contributed by atoms with Crippen LogP contribution in [0.5, 0.6) is 0 Å². The van der Waals surface area contributed by atoms with Gasteiger partial charge in [-0.15, -0.1) is 5.10 Å². The Balaban J connectivity index is 1.58. The highest BCUT2D eigenvalue weighted by Crippen LogP contribution is 2.14. The molecule has 0 spiro atoms. The van der Waals surface area contributed by atoms with Gasteiger partial charge >= 0.3 is 0 Å². The first-order chi connectivity index (χ1) is 9.42. The van der Waals surface area contributed by atoms with Crippen LogP contribution in [0.4, 0.5) is 11.8 Å². The minimum Gasteiger partial charge on any atom is -0.378 e. The Kier molecular flexibility index (Phi) is 4.04. The molecule has 0 radical (unpaired) electrons. The van der Waals surface area contributed by atoms with E-state index in [4.69, 9.17) is 9.47 Å². The molecule has 19 heavy (non-hydrogen) atoms. The Bertz CT molecular complexity index is 405. The molecule has 0 aromatic carbocycles. The molecule has 7 heteroatoms. The van der Waals surface area contributed by atoms with Gasteiger partial charge in [-0.2, -0.15) is 10.1 Å². The van der Waals surface area contributed by atoms with Gasteiger partial charge in [-0.25, -0.2) is 0 Å². The lowest BCUT2D eigenvalue weighted by atomic mass is 10.2. The molecule has 2 aliphatic heterocycles. The summed E-state index contributed by atoms with van der Waals surface area (Å²) in [5.74, 6) is 1.42. The van der Waals surface area contributed by atoms with E-state index < -0.39 is 0 Å². The molecule has 0 amide bonds. The van der Waals surface area contributed by atoms with Gasteiger partial charge in [0.15, 0.2) is 5.82 Å². The zero-order chi connectivity index (χ0) is 12.9. The summed E-state index contributed by atoms with van der Waals surface area (Å²) in [6.07, 6.45) is 4.21. The van der Waals surface area contributed by atoms with Crippen LogP contribution in [-0.2, 0) is 9.47 Å². The molecule has 2 aliphatic rings. The molecule has 2 fully saturated rings. The number of aromatic nitrogens is 3. The number of hydrogen-bond acceptors (Lipinski definition) is 7. The Hall–Kier alpha value is -1.47. The van der Waals surface area contributed by atoms with Crippen molar-refractivity contribution < 1.29 is 9.47 Å². The molecule has 0 bridgehead atoms. The Morgan fingerprint density at radius 1 is 1.32 bits per heavy atom. The maximum atomic E-state index is 5.56. The Morgan fingerprint density at radius 2 is 2.21 bits per heavy atom. The molecule has 1 unspecified atom stereocenters. The van der Waals surface area contributed by atoms with Crippen LogP contribution in [0.25, 0.3) is 0 Å². The van der Waals surface area contributed by atoms with Gasteiger partial charge in [-0.3, -0.25) is 0 Å². The van der Waals surface area contributed by atoms with Crippen molar-refractivity contribution in [3.63, 3.8) is 0 Å². The van der Waals surface area contributed by atoms with E-state index in [0.717, 1.165) is 58.1 Å². The van der Waals surface area contributed by atoms with E-state index in [1.165, 1.54) is 0 Å². The van der Waals surface area contributed by atoms with Crippen molar-refractivity contribution in [1.82, 2.24) is 15.2 Å². The van der Waals surface area contributed by atoms with E-state index in [-0.39, 0.29) is 6.10 Å². The standard InChI is InChI=1S/C12H19N5O2/c1-2-10(19-5-1)8-13-12-15-11(9-14-16-12)17-3-6-18-7-4-17/h9-10H,1-8H2,(H,13,15,16). The largest absolute Gasteiger partial charge is 0.378 e. The second kappa shape index (κ2) is 6.12. The van der Waals surface area contributed by atoms with Crippen LogP contribution in [0.2, 0.25) is 0 Å². The van der Waals surface area contributed by atoms with Crippen LogP contribution in [0, 0.1) is 0 Å². The molecule has 0 saturated carbocycles. The fraction of sp³-hybridized carbons (Fsp3) is 0.750. The summed E-state index contributed by atoms with van der Waals surface area (Å²) in [7, 11) is 0. The predicted octanol–water partition coefficient (Wildman–Crippen LogP) is 0.299. The van der Waals surface area contributed by atoms with Crippen molar-refractivity contribution in [3.05, 3.63) is 6.20 Å². The van der Waals surface area contributed by atoms with Gasteiger partial charge in [0, 0.05) is 26.2 Å². The van der Waals surface area contributed by atoms with Gasteiger partial charge in [0.2, 0.25) is 5.95 Å². The SMILES string of the molecule is c1nnc(NCC2CCCO2)nc1N1CCOCC1. The molecular weight excluding hydrogens is 246 g/mol. The maximum absolute atomic E-state index is 5.56. The molecule has 104 valence electrons. The number of rotatable bonds is 4. The molecule has 3 heterocycles. The summed E-state index contributed by atoms with van der Waals surface area (Å²) in [5, 5.41) is 11.2. The minimum atomic E-state index is 0.274. The van der Waals surface area contributed by atoms with Crippen molar-refractivity contribution in [1.29, 1.82) is 0 Å². The first-order valence-corrected chi connectivity index (χ1v) is 6.80. The van der Waals surface area contributed by atoms with Gasteiger partial charge < -0.3 is 19.7 Å². The summed E-state index contributed by atoms with van der Waals surface area (Å²) in [6.45, 7) is 4.78. The molecule has 1 N–H and O–H groups in total. The molecule has 0 aliphatic carbocycles. The average molecular weight is 265 g/mol. The molecule has 1 atom stereocenters. The smallest absolute Gasteiger partial charge is 0.244 e. The van der Waals surface area contributed by atoms with Crippen LogP contribution in [0.1, 0.15) is 12.8 Å². The van der Waals surface area contributed by atoms with E-state index >= 15 is 0 Å². The van der Waals surface area contributed by atoms with Crippen LogP contribution >= 0.6 is 0 Å². The normalized spacial score (nSPS) is 23.6. The molecule has 1 aromatic rings. The lowest BCUT2D eigenvalue weighted by Gasteiger charge is -2.27. The zero-order valence-electron chi connectivity index (χ0n) is 10.9. The number of hydrogen-bond donors (Lipinski definition) is 1. The Labute approximate surface area is 112 Å². The molecular formula is C12H19N5O2. The van der Waals surface area contributed by atoms with Gasteiger partial charge in [-0.05, 0) is 12.8 Å². The quantitative estimate of drug-likeness (QED) is 0.839. The highest BCUT2D eigenvalue weighted by molar-refractivity contribution is 5.40. The number of anilines is 2. The van der Waals surface area contributed by atoms with E-state index in [0.29, 0.717) is 5.95 Å². The van der Waals surface area contributed by atoms with Crippen LogP contribution < -0.4 is 10.2 Å². The second-order valence-electron chi connectivity index (χ2n) is 4.75. The van der Waals surface area contributed by atoms with Crippen LogP contribution in [0.15, 0.2) is 6.20 Å². The Morgan fingerprint density at radius 3 is 3.00 bits per heavy atom. The van der Waals surface area contributed by atoms with Crippen LogP contribution in [-0.4, -0.2) is 60.7 Å². The maximum Gasteiger partial charge on any atom is 0.244 e. The van der Waals surface area contributed by atoms with E-state index in [1.807, 2.05) is 0 Å². The van der Waals surface area contributed by atoms with Crippen molar-refractivity contribution in [2.75, 3.05) is 49.7 Å². The van der Waals surface area contributed by atoms with E-state index in [9.17, 15) is 0 Å². The van der Waals surface area contributed by atoms with Crippen molar-refractivity contribution >= 4 is 11.8 Å². The lowest BCUT2D eigenvalue weighted by Crippen LogP contribution is -2.37. The fourth-order valence-corrected chi connectivity index (χ4v) is 2.33. The molecule has 2 saturated heterocycles. The number of nitrogens with zero attached hydrogens (tertiary/aromatic N) is 4. The topological polar surface area (TPSA) is 72.4 Å². The number of ether oxygens (including phenoxy) is 2. The zero-order valence-corrected chi connectivity index (χ0v) is 10.9. The van der Waals surface area contributed by atoms with Crippen molar-refractivity contribution in [3.8, 4) is 0 Å². The fourth-order valence-electron chi connectivity index (χ4n) is 2.33. The lowest BCUT2D eigenvalue weighted by molar-refractivity contribution is 0.120. The second-order valence-corrected chi connectivity index (χ2v) is 4.75. The van der Waals surface area contributed by atoms with Gasteiger partial charge in [-0.1, -0.05) is 0 Å². The van der Waals surface area contributed by atoms with Gasteiger partial charge in [0.1, 0.15) is 0 Å². The molecule has 3 rings (SSSR count). The number of nitrogens with one attached hydrogen (secondary N) is 1. The van der Waals surface area contributed by atoms with E-state index in [1.54, 1.807) is 6.20 Å².